The first-order valence-electron chi connectivity index (χ1n) is 6.10. The van der Waals surface area contributed by atoms with Gasteiger partial charge in [0.1, 0.15) is 0 Å². The second-order valence-corrected chi connectivity index (χ2v) is 5.37. The van der Waals surface area contributed by atoms with E-state index in [-0.39, 0.29) is 12.1 Å². The molecule has 2 atom stereocenters. The highest BCUT2D eigenvalue weighted by Gasteiger charge is 2.24. The van der Waals surface area contributed by atoms with Gasteiger partial charge in [0.05, 0.1) is 23.4 Å². The summed E-state index contributed by atoms with van der Waals surface area (Å²) >= 11 is 1.74. The van der Waals surface area contributed by atoms with Gasteiger partial charge in [-0.2, -0.15) is 0 Å². The Morgan fingerprint density at radius 2 is 2.44 bits per heavy atom. The Kier molecular flexibility index (Phi) is 4.32. The van der Waals surface area contributed by atoms with Crippen molar-refractivity contribution >= 4 is 11.3 Å². The minimum absolute atomic E-state index is 0.230. The molecule has 0 amide bonds. The van der Waals surface area contributed by atoms with Gasteiger partial charge >= 0.3 is 0 Å². The maximum Gasteiger partial charge on any atom is 0.0929 e. The standard InChI is InChI=1S/C12H20N2OS/c1-2-4-12-14-9(8-16-12)7-15-11-6-3-5-10(11)13/h8,10-11H,2-7,13H2,1H3. The third-order valence-electron chi connectivity index (χ3n) is 3.01. The van der Waals surface area contributed by atoms with Crippen LogP contribution in [0.1, 0.15) is 43.3 Å². The molecule has 1 aromatic rings. The molecule has 1 heterocycles. The van der Waals surface area contributed by atoms with Crippen LogP contribution in [0.15, 0.2) is 5.38 Å². The normalized spacial score (nSPS) is 25.1. The van der Waals surface area contributed by atoms with Crippen LogP contribution in [0.5, 0.6) is 0 Å². The molecule has 0 radical (unpaired) electrons. The molecule has 0 aromatic carbocycles. The molecular formula is C12H20N2OS. The summed E-state index contributed by atoms with van der Waals surface area (Å²) in [6, 6.07) is 0.230. The van der Waals surface area contributed by atoms with E-state index in [2.05, 4.69) is 17.3 Å². The third kappa shape index (κ3) is 3.03. The Morgan fingerprint density at radius 1 is 1.56 bits per heavy atom. The van der Waals surface area contributed by atoms with Crippen LogP contribution in [0.4, 0.5) is 0 Å². The van der Waals surface area contributed by atoms with Crippen LogP contribution in [0, 0.1) is 0 Å². The van der Waals surface area contributed by atoms with E-state index >= 15 is 0 Å². The monoisotopic (exact) mass is 240 g/mol. The number of hydrogen-bond acceptors (Lipinski definition) is 4. The fourth-order valence-corrected chi connectivity index (χ4v) is 2.98. The number of nitrogens with two attached hydrogens (primary N) is 1. The van der Waals surface area contributed by atoms with Gasteiger partial charge in [0.15, 0.2) is 0 Å². The number of aromatic nitrogens is 1. The van der Waals surface area contributed by atoms with Crippen molar-refractivity contribution in [3.8, 4) is 0 Å². The molecule has 2 N–H and O–H groups in total. The number of nitrogens with zero attached hydrogens (tertiary/aromatic N) is 1. The van der Waals surface area contributed by atoms with Crippen molar-refractivity contribution in [2.75, 3.05) is 0 Å². The van der Waals surface area contributed by atoms with Gasteiger partial charge in [0.2, 0.25) is 0 Å². The zero-order valence-electron chi connectivity index (χ0n) is 9.82. The topological polar surface area (TPSA) is 48.1 Å². The van der Waals surface area contributed by atoms with Crippen molar-refractivity contribution in [1.29, 1.82) is 0 Å². The lowest BCUT2D eigenvalue weighted by Crippen LogP contribution is -2.31. The van der Waals surface area contributed by atoms with Gasteiger partial charge in [-0.3, -0.25) is 0 Å². The lowest BCUT2D eigenvalue weighted by Gasteiger charge is -2.15. The number of rotatable bonds is 5. The van der Waals surface area contributed by atoms with E-state index in [1.165, 1.54) is 11.4 Å². The van der Waals surface area contributed by atoms with Crippen molar-refractivity contribution in [1.82, 2.24) is 4.98 Å². The van der Waals surface area contributed by atoms with Crippen LogP contribution >= 0.6 is 11.3 Å². The van der Waals surface area contributed by atoms with Crippen LogP contribution in [-0.4, -0.2) is 17.1 Å². The summed E-state index contributed by atoms with van der Waals surface area (Å²) in [5.74, 6) is 0. The smallest absolute Gasteiger partial charge is 0.0929 e. The van der Waals surface area contributed by atoms with Crippen molar-refractivity contribution in [2.45, 2.75) is 57.8 Å². The molecule has 2 rings (SSSR count). The van der Waals surface area contributed by atoms with E-state index < -0.39 is 0 Å². The zero-order chi connectivity index (χ0) is 11.4. The molecule has 1 aliphatic rings. The van der Waals surface area contributed by atoms with Gasteiger partial charge in [-0.25, -0.2) is 4.98 Å². The second kappa shape index (κ2) is 5.75. The Labute approximate surface area is 101 Å². The Hall–Kier alpha value is -0.450. The second-order valence-electron chi connectivity index (χ2n) is 4.43. The predicted molar refractivity (Wildman–Crippen MR) is 66.5 cm³/mol. The van der Waals surface area contributed by atoms with E-state index in [9.17, 15) is 0 Å². The molecule has 3 nitrogen and oxygen atoms in total. The molecule has 1 aliphatic carbocycles. The fourth-order valence-electron chi connectivity index (χ4n) is 2.10. The quantitative estimate of drug-likeness (QED) is 0.860. The van der Waals surface area contributed by atoms with Crippen LogP contribution in [0.3, 0.4) is 0 Å². The molecule has 1 aromatic heterocycles. The van der Waals surface area contributed by atoms with Gasteiger partial charge in [0.25, 0.3) is 0 Å². The molecule has 0 aliphatic heterocycles. The molecule has 0 saturated heterocycles. The summed E-state index contributed by atoms with van der Waals surface area (Å²) < 4.78 is 5.81. The molecule has 0 bridgehead atoms. The Balaban J connectivity index is 1.80. The summed E-state index contributed by atoms with van der Waals surface area (Å²) in [7, 11) is 0. The summed E-state index contributed by atoms with van der Waals surface area (Å²) in [6.07, 6.45) is 5.88. The van der Waals surface area contributed by atoms with E-state index in [1.807, 2.05) is 0 Å². The Morgan fingerprint density at radius 3 is 3.12 bits per heavy atom. The van der Waals surface area contributed by atoms with Gasteiger partial charge < -0.3 is 10.5 Å². The molecule has 0 spiro atoms. The van der Waals surface area contributed by atoms with Gasteiger partial charge in [0, 0.05) is 11.4 Å². The van der Waals surface area contributed by atoms with E-state index in [1.54, 1.807) is 11.3 Å². The van der Waals surface area contributed by atoms with Crippen LogP contribution in [-0.2, 0) is 17.8 Å². The van der Waals surface area contributed by atoms with Crippen molar-refractivity contribution < 1.29 is 4.74 Å². The molecule has 1 fully saturated rings. The highest BCUT2D eigenvalue weighted by molar-refractivity contribution is 7.09. The summed E-state index contributed by atoms with van der Waals surface area (Å²) in [4.78, 5) is 4.54. The van der Waals surface area contributed by atoms with Crippen LogP contribution < -0.4 is 5.73 Å². The highest BCUT2D eigenvalue weighted by atomic mass is 32.1. The number of thiazole rings is 1. The summed E-state index contributed by atoms with van der Waals surface area (Å²) in [5, 5.41) is 3.32. The molecule has 90 valence electrons. The first kappa shape index (κ1) is 12.0. The van der Waals surface area contributed by atoms with Crippen molar-refractivity contribution in [3.63, 3.8) is 0 Å². The maximum atomic E-state index is 5.95. The summed E-state index contributed by atoms with van der Waals surface area (Å²) in [6.45, 7) is 2.80. The molecular weight excluding hydrogens is 220 g/mol. The number of ether oxygens (including phenoxy) is 1. The maximum absolute atomic E-state index is 5.95. The first-order valence-corrected chi connectivity index (χ1v) is 6.98. The van der Waals surface area contributed by atoms with Crippen LogP contribution in [0.25, 0.3) is 0 Å². The average molecular weight is 240 g/mol. The largest absolute Gasteiger partial charge is 0.370 e. The third-order valence-corrected chi connectivity index (χ3v) is 3.97. The van der Waals surface area contributed by atoms with E-state index in [0.29, 0.717) is 6.61 Å². The number of hydrogen-bond donors (Lipinski definition) is 1. The predicted octanol–water partition coefficient (Wildman–Crippen LogP) is 2.49. The average Bonchev–Trinajstić information content (AvgIpc) is 2.86. The minimum atomic E-state index is 0.230. The van der Waals surface area contributed by atoms with Gasteiger partial charge in [-0.05, 0) is 32.1 Å². The highest BCUT2D eigenvalue weighted by Crippen LogP contribution is 2.22. The lowest BCUT2D eigenvalue weighted by atomic mass is 10.2. The molecule has 16 heavy (non-hydrogen) atoms. The van der Waals surface area contributed by atoms with E-state index in [0.717, 1.165) is 31.4 Å². The molecule has 1 saturated carbocycles. The van der Waals surface area contributed by atoms with Crippen LogP contribution in [0.2, 0.25) is 0 Å². The van der Waals surface area contributed by atoms with Crippen molar-refractivity contribution in [2.24, 2.45) is 5.73 Å². The minimum Gasteiger partial charge on any atom is -0.370 e. The van der Waals surface area contributed by atoms with E-state index in [4.69, 9.17) is 10.5 Å². The first-order chi connectivity index (χ1) is 7.79. The van der Waals surface area contributed by atoms with Crippen molar-refractivity contribution in [3.05, 3.63) is 16.1 Å². The lowest BCUT2D eigenvalue weighted by molar-refractivity contribution is 0.0341. The summed E-state index contributed by atoms with van der Waals surface area (Å²) in [5.41, 5.74) is 7.02. The van der Waals surface area contributed by atoms with Gasteiger partial charge in [-0.1, -0.05) is 6.92 Å². The number of aryl methyl sites for hydroxylation is 1. The fraction of sp³-hybridized carbons (Fsp3) is 0.750. The zero-order valence-corrected chi connectivity index (χ0v) is 10.6. The SMILES string of the molecule is CCCc1nc(COC2CCCC2N)cs1. The van der Waals surface area contributed by atoms with Gasteiger partial charge in [-0.15, -0.1) is 11.3 Å². The molecule has 2 unspecified atom stereocenters. The molecule has 4 heteroatoms. The Bertz CT molecular complexity index is 327.